The molecular formula is C20H20FNO4. The molecule has 0 N–H and O–H groups in total. The number of carbonyl (C=O) groups excluding carboxylic acids is 2. The molecule has 0 radical (unpaired) electrons. The fraction of sp³-hybridized carbons (Fsp3) is 0.300. The van der Waals surface area contributed by atoms with E-state index in [1.165, 1.54) is 19.2 Å². The minimum atomic E-state index is -0.453. The first-order chi connectivity index (χ1) is 12.6. The van der Waals surface area contributed by atoms with Gasteiger partial charge in [0.05, 0.1) is 7.11 Å². The molecule has 1 aliphatic rings. The van der Waals surface area contributed by atoms with Crippen molar-refractivity contribution in [3.8, 4) is 11.5 Å². The summed E-state index contributed by atoms with van der Waals surface area (Å²) in [6, 6.07) is 11.5. The molecule has 0 atom stereocenters. The quantitative estimate of drug-likeness (QED) is 0.586. The SMILES string of the molecule is COc1ccc(CCC(=O)Oc2ccc(N3CCCC3=O)cc2)cc1F. The lowest BCUT2D eigenvalue weighted by molar-refractivity contribution is -0.134. The molecule has 0 spiro atoms. The Hall–Kier alpha value is -2.89. The summed E-state index contributed by atoms with van der Waals surface area (Å²) in [5.41, 5.74) is 1.50. The molecule has 1 amide bonds. The third-order valence-electron chi connectivity index (χ3n) is 4.29. The van der Waals surface area contributed by atoms with E-state index in [0.717, 1.165) is 18.7 Å². The number of esters is 1. The van der Waals surface area contributed by atoms with Crippen LogP contribution in [0.2, 0.25) is 0 Å². The van der Waals surface area contributed by atoms with Gasteiger partial charge in [0.2, 0.25) is 5.91 Å². The number of carbonyl (C=O) groups is 2. The molecule has 136 valence electrons. The summed E-state index contributed by atoms with van der Waals surface area (Å²) in [4.78, 5) is 25.4. The van der Waals surface area contributed by atoms with E-state index in [2.05, 4.69) is 0 Å². The number of benzene rings is 2. The van der Waals surface area contributed by atoms with E-state index in [0.29, 0.717) is 24.2 Å². The molecular weight excluding hydrogens is 337 g/mol. The van der Waals surface area contributed by atoms with Crippen molar-refractivity contribution in [2.45, 2.75) is 25.7 Å². The van der Waals surface area contributed by atoms with Gasteiger partial charge < -0.3 is 14.4 Å². The monoisotopic (exact) mass is 357 g/mol. The molecule has 26 heavy (non-hydrogen) atoms. The number of hydrogen-bond acceptors (Lipinski definition) is 4. The fourth-order valence-corrected chi connectivity index (χ4v) is 2.91. The van der Waals surface area contributed by atoms with Crippen LogP contribution in [0.25, 0.3) is 0 Å². The van der Waals surface area contributed by atoms with Gasteiger partial charge in [-0.05, 0) is 54.8 Å². The maximum absolute atomic E-state index is 13.6. The molecule has 3 rings (SSSR count). The lowest BCUT2D eigenvalue weighted by Crippen LogP contribution is -2.23. The smallest absolute Gasteiger partial charge is 0.311 e. The molecule has 0 aromatic heterocycles. The van der Waals surface area contributed by atoms with Crippen LogP contribution < -0.4 is 14.4 Å². The van der Waals surface area contributed by atoms with Crippen molar-refractivity contribution >= 4 is 17.6 Å². The summed E-state index contributed by atoms with van der Waals surface area (Å²) in [6.45, 7) is 0.719. The summed E-state index contributed by atoms with van der Waals surface area (Å²) in [5, 5.41) is 0. The summed E-state index contributed by atoms with van der Waals surface area (Å²) in [6.07, 6.45) is 1.95. The molecule has 1 aliphatic heterocycles. The van der Waals surface area contributed by atoms with Crippen LogP contribution in [0.4, 0.5) is 10.1 Å². The first kappa shape index (κ1) is 17.9. The van der Waals surface area contributed by atoms with E-state index in [-0.39, 0.29) is 18.1 Å². The van der Waals surface area contributed by atoms with Crippen LogP contribution >= 0.6 is 0 Å². The van der Waals surface area contributed by atoms with E-state index in [4.69, 9.17) is 9.47 Å². The topological polar surface area (TPSA) is 55.8 Å². The number of ether oxygens (including phenoxy) is 2. The minimum Gasteiger partial charge on any atom is -0.494 e. The van der Waals surface area contributed by atoms with Gasteiger partial charge in [0.25, 0.3) is 0 Å². The molecule has 0 bridgehead atoms. The van der Waals surface area contributed by atoms with E-state index < -0.39 is 11.8 Å². The molecule has 6 heteroatoms. The number of methoxy groups -OCH3 is 1. The molecule has 1 fully saturated rings. The zero-order chi connectivity index (χ0) is 18.5. The Balaban J connectivity index is 1.53. The summed E-state index contributed by atoms with van der Waals surface area (Å²) in [7, 11) is 1.40. The number of halogens is 1. The second-order valence-electron chi connectivity index (χ2n) is 6.09. The van der Waals surface area contributed by atoms with Crippen LogP contribution in [-0.2, 0) is 16.0 Å². The number of aryl methyl sites for hydroxylation is 1. The molecule has 0 aliphatic carbocycles. The molecule has 1 saturated heterocycles. The minimum absolute atomic E-state index is 0.112. The van der Waals surface area contributed by atoms with Gasteiger partial charge in [-0.2, -0.15) is 0 Å². The molecule has 0 unspecified atom stereocenters. The zero-order valence-electron chi connectivity index (χ0n) is 14.5. The molecule has 2 aromatic carbocycles. The second-order valence-corrected chi connectivity index (χ2v) is 6.09. The first-order valence-electron chi connectivity index (χ1n) is 8.50. The van der Waals surface area contributed by atoms with Crippen LogP contribution in [0.1, 0.15) is 24.8 Å². The van der Waals surface area contributed by atoms with Crippen molar-refractivity contribution in [2.24, 2.45) is 0 Å². The Bertz CT molecular complexity index is 804. The Kier molecular flexibility index (Phi) is 5.51. The highest BCUT2D eigenvalue weighted by Gasteiger charge is 2.21. The summed E-state index contributed by atoms with van der Waals surface area (Å²) < 4.78 is 23.8. The lowest BCUT2D eigenvalue weighted by atomic mass is 10.1. The maximum Gasteiger partial charge on any atom is 0.311 e. The van der Waals surface area contributed by atoms with E-state index in [1.807, 2.05) is 0 Å². The average Bonchev–Trinajstić information content (AvgIpc) is 3.07. The van der Waals surface area contributed by atoms with Crippen molar-refractivity contribution in [2.75, 3.05) is 18.6 Å². The lowest BCUT2D eigenvalue weighted by Gasteiger charge is -2.15. The van der Waals surface area contributed by atoms with Crippen molar-refractivity contribution in [1.82, 2.24) is 0 Å². The van der Waals surface area contributed by atoms with Crippen molar-refractivity contribution in [1.29, 1.82) is 0 Å². The predicted octanol–water partition coefficient (Wildman–Crippen LogP) is 3.50. The normalized spacial score (nSPS) is 13.8. The largest absolute Gasteiger partial charge is 0.494 e. The Morgan fingerprint density at radius 1 is 1.19 bits per heavy atom. The third kappa shape index (κ3) is 4.20. The average molecular weight is 357 g/mol. The summed E-state index contributed by atoms with van der Waals surface area (Å²) >= 11 is 0. The van der Waals surface area contributed by atoms with E-state index >= 15 is 0 Å². The van der Waals surface area contributed by atoms with Gasteiger partial charge in [-0.25, -0.2) is 4.39 Å². The van der Waals surface area contributed by atoms with Crippen molar-refractivity contribution in [3.63, 3.8) is 0 Å². The number of amides is 1. The van der Waals surface area contributed by atoms with Crippen LogP contribution in [-0.4, -0.2) is 25.5 Å². The van der Waals surface area contributed by atoms with Gasteiger partial charge in [0.1, 0.15) is 5.75 Å². The van der Waals surface area contributed by atoms with Crippen molar-refractivity contribution in [3.05, 3.63) is 53.8 Å². The maximum atomic E-state index is 13.6. The molecule has 0 saturated carbocycles. The number of rotatable bonds is 6. The molecule has 2 aromatic rings. The number of anilines is 1. The molecule has 1 heterocycles. The van der Waals surface area contributed by atoms with Gasteiger partial charge >= 0.3 is 5.97 Å². The highest BCUT2D eigenvalue weighted by Crippen LogP contribution is 2.24. The van der Waals surface area contributed by atoms with Crippen LogP contribution in [0.15, 0.2) is 42.5 Å². The Morgan fingerprint density at radius 3 is 2.58 bits per heavy atom. The predicted molar refractivity (Wildman–Crippen MR) is 94.9 cm³/mol. The van der Waals surface area contributed by atoms with E-state index in [9.17, 15) is 14.0 Å². The zero-order valence-corrected chi connectivity index (χ0v) is 14.5. The fourth-order valence-electron chi connectivity index (χ4n) is 2.91. The summed E-state index contributed by atoms with van der Waals surface area (Å²) in [5.74, 6) is -0.141. The van der Waals surface area contributed by atoms with Crippen molar-refractivity contribution < 1.29 is 23.5 Å². The van der Waals surface area contributed by atoms with Gasteiger partial charge in [0.15, 0.2) is 11.6 Å². The Labute approximate surface area is 151 Å². The Morgan fingerprint density at radius 2 is 1.96 bits per heavy atom. The molecule has 5 nitrogen and oxygen atoms in total. The first-order valence-corrected chi connectivity index (χ1v) is 8.50. The van der Waals surface area contributed by atoms with Crippen LogP contribution in [0.5, 0.6) is 11.5 Å². The van der Waals surface area contributed by atoms with Gasteiger partial charge in [-0.15, -0.1) is 0 Å². The highest BCUT2D eigenvalue weighted by molar-refractivity contribution is 5.95. The number of hydrogen-bond donors (Lipinski definition) is 0. The van der Waals surface area contributed by atoms with Crippen LogP contribution in [0.3, 0.4) is 0 Å². The second kappa shape index (κ2) is 7.99. The highest BCUT2D eigenvalue weighted by atomic mass is 19.1. The van der Waals surface area contributed by atoms with Gasteiger partial charge in [-0.1, -0.05) is 6.07 Å². The van der Waals surface area contributed by atoms with Gasteiger partial charge in [0, 0.05) is 25.1 Å². The van der Waals surface area contributed by atoms with Gasteiger partial charge in [-0.3, -0.25) is 9.59 Å². The van der Waals surface area contributed by atoms with E-state index in [1.54, 1.807) is 35.2 Å². The standard InChI is InChI=1S/C20H20FNO4/c1-25-18-10-4-14(13-17(18)21)5-11-20(24)26-16-8-6-15(7-9-16)22-12-2-3-19(22)23/h4,6-10,13H,2-3,5,11-12H2,1H3. The third-order valence-corrected chi connectivity index (χ3v) is 4.29. The van der Waals surface area contributed by atoms with Crippen LogP contribution in [0, 0.1) is 5.82 Å². The number of nitrogens with zero attached hydrogens (tertiary/aromatic N) is 1.